The fourth-order valence-corrected chi connectivity index (χ4v) is 2.41. The van der Waals surface area contributed by atoms with Crippen molar-refractivity contribution in [3.8, 4) is 0 Å². The van der Waals surface area contributed by atoms with Crippen LogP contribution in [-0.2, 0) is 16.0 Å². The number of carbonyl (C=O) groups excluding carboxylic acids is 1. The highest BCUT2D eigenvalue weighted by Crippen LogP contribution is 2.12. The lowest BCUT2D eigenvalue weighted by Gasteiger charge is -2.19. The maximum Gasteiger partial charge on any atom is 0.323 e. The SMILES string of the molecule is COC(=O)C(NCCc1scnc1C)C(C)C. The molecule has 1 heterocycles. The molecule has 0 aromatic carbocycles. The zero-order valence-corrected chi connectivity index (χ0v) is 11.6. The lowest BCUT2D eigenvalue weighted by atomic mass is 10.0. The monoisotopic (exact) mass is 256 g/mol. The van der Waals surface area contributed by atoms with Crippen molar-refractivity contribution in [3.63, 3.8) is 0 Å². The lowest BCUT2D eigenvalue weighted by Crippen LogP contribution is -2.42. The third kappa shape index (κ3) is 4.09. The Morgan fingerprint density at radius 2 is 2.29 bits per heavy atom. The molecule has 0 saturated heterocycles. The summed E-state index contributed by atoms with van der Waals surface area (Å²) in [4.78, 5) is 17.0. The van der Waals surface area contributed by atoms with Gasteiger partial charge in [-0.1, -0.05) is 13.8 Å². The Hall–Kier alpha value is -0.940. The van der Waals surface area contributed by atoms with Crippen LogP contribution >= 0.6 is 11.3 Å². The van der Waals surface area contributed by atoms with Crippen LogP contribution in [0.15, 0.2) is 5.51 Å². The fourth-order valence-electron chi connectivity index (χ4n) is 1.63. The number of rotatable bonds is 6. The van der Waals surface area contributed by atoms with Crippen molar-refractivity contribution in [2.24, 2.45) is 5.92 Å². The van der Waals surface area contributed by atoms with Crippen LogP contribution in [0.3, 0.4) is 0 Å². The second-order valence-corrected chi connectivity index (χ2v) is 5.25. The van der Waals surface area contributed by atoms with Crippen LogP contribution in [0.4, 0.5) is 0 Å². The van der Waals surface area contributed by atoms with Gasteiger partial charge >= 0.3 is 5.97 Å². The minimum absolute atomic E-state index is 0.193. The van der Waals surface area contributed by atoms with Crippen LogP contribution in [0.25, 0.3) is 0 Å². The van der Waals surface area contributed by atoms with E-state index in [1.165, 1.54) is 12.0 Å². The van der Waals surface area contributed by atoms with Crippen molar-refractivity contribution in [1.29, 1.82) is 0 Å². The average molecular weight is 256 g/mol. The van der Waals surface area contributed by atoms with Crippen molar-refractivity contribution in [3.05, 3.63) is 16.1 Å². The molecular formula is C12H20N2O2S. The summed E-state index contributed by atoms with van der Waals surface area (Å²) in [6, 6.07) is -0.228. The first-order chi connectivity index (χ1) is 8.06. The van der Waals surface area contributed by atoms with E-state index in [-0.39, 0.29) is 17.9 Å². The smallest absolute Gasteiger partial charge is 0.323 e. The van der Waals surface area contributed by atoms with Crippen LogP contribution in [0.5, 0.6) is 0 Å². The minimum atomic E-state index is -0.228. The highest BCUT2D eigenvalue weighted by molar-refractivity contribution is 7.09. The summed E-state index contributed by atoms with van der Waals surface area (Å²) in [5.41, 5.74) is 2.93. The van der Waals surface area contributed by atoms with E-state index in [9.17, 15) is 4.79 Å². The van der Waals surface area contributed by atoms with Gasteiger partial charge in [-0.25, -0.2) is 4.98 Å². The molecule has 1 rings (SSSR count). The molecule has 17 heavy (non-hydrogen) atoms. The Morgan fingerprint density at radius 3 is 2.76 bits per heavy atom. The molecule has 1 N–H and O–H groups in total. The van der Waals surface area contributed by atoms with Crippen molar-refractivity contribution in [2.75, 3.05) is 13.7 Å². The Kier molecular flexibility index (Phi) is 5.58. The number of carbonyl (C=O) groups is 1. The van der Waals surface area contributed by atoms with Crippen LogP contribution in [0.1, 0.15) is 24.4 Å². The minimum Gasteiger partial charge on any atom is -0.468 e. The number of aryl methyl sites for hydroxylation is 1. The van der Waals surface area contributed by atoms with E-state index in [1.54, 1.807) is 11.3 Å². The average Bonchev–Trinajstić information content (AvgIpc) is 2.69. The van der Waals surface area contributed by atoms with E-state index >= 15 is 0 Å². The number of aromatic nitrogens is 1. The highest BCUT2D eigenvalue weighted by atomic mass is 32.1. The molecule has 4 nitrogen and oxygen atoms in total. The van der Waals surface area contributed by atoms with Crippen LogP contribution < -0.4 is 5.32 Å². The summed E-state index contributed by atoms with van der Waals surface area (Å²) in [5.74, 6) is 0.0334. The van der Waals surface area contributed by atoms with Gasteiger partial charge in [0.2, 0.25) is 0 Å². The molecule has 0 radical (unpaired) electrons. The van der Waals surface area contributed by atoms with Crippen molar-refractivity contribution in [1.82, 2.24) is 10.3 Å². The van der Waals surface area contributed by atoms with Gasteiger partial charge in [0, 0.05) is 11.4 Å². The molecule has 1 unspecified atom stereocenters. The van der Waals surface area contributed by atoms with Gasteiger partial charge in [-0.05, 0) is 19.3 Å². The first kappa shape index (κ1) is 14.1. The molecule has 0 fully saturated rings. The summed E-state index contributed by atoms with van der Waals surface area (Å²) in [6.45, 7) is 6.78. The summed E-state index contributed by atoms with van der Waals surface area (Å²) >= 11 is 1.66. The first-order valence-corrected chi connectivity index (χ1v) is 6.64. The van der Waals surface area contributed by atoms with Crippen LogP contribution in [0.2, 0.25) is 0 Å². The number of hydrogen-bond donors (Lipinski definition) is 1. The molecule has 0 amide bonds. The Morgan fingerprint density at radius 1 is 1.59 bits per heavy atom. The fraction of sp³-hybridized carbons (Fsp3) is 0.667. The summed E-state index contributed by atoms with van der Waals surface area (Å²) in [5, 5.41) is 3.24. The maximum atomic E-state index is 11.5. The Labute approximate surface area is 106 Å². The van der Waals surface area contributed by atoms with E-state index in [4.69, 9.17) is 4.74 Å². The molecular weight excluding hydrogens is 236 g/mol. The van der Waals surface area contributed by atoms with E-state index in [2.05, 4.69) is 10.3 Å². The zero-order chi connectivity index (χ0) is 12.8. The quantitative estimate of drug-likeness (QED) is 0.788. The third-order valence-corrected chi connectivity index (χ3v) is 3.68. The number of hydrogen-bond acceptors (Lipinski definition) is 5. The number of nitrogens with one attached hydrogen (secondary N) is 1. The van der Waals surface area contributed by atoms with Gasteiger partial charge in [0.1, 0.15) is 6.04 Å². The summed E-state index contributed by atoms with van der Waals surface area (Å²) in [6.07, 6.45) is 0.900. The largest absolute Gasteiger partial charge is 0.468 e. The summed E-state index contributed by atoms with van der Waals surface area (Å²) in [7, 11) is 1.42. The Balaban J connectivity index is 2.43. The zero-order valence-electron chi connectivity index (χ0n) is 10.8. The number of esters is 1. The first-order valence-electron chi connectivity index (χ1n) is 5.76. The predicted octanol–water partition coefficient (Wildman–Crippen LogP) is 1.78. The molecule has 96 valence electrons. The molecule has 1 atom stereocenters. The van der Waals surface area contributed by atoms with Crippen molar-refractivity contribution in [2.45, 2.75) is 33.2 Å². The van der Waals surface area contributed by atoms with Gasteiger partial charge in [-0.15, -0.1) is 11.3 Å². The lowest BCUT2D eigenvalue weighted by molar-refractivity contribution is -0.144. The molecule has 0 spiro atoms. The van der Waals surface area contributed by atoms with Gasteiger partial charge in [0.05, 0.1) is 18.3 Å². The molecule has 0 saturated carbocycles. The molecule has 0 aliphatic carbocycles. The van der Waals surface area contributed by atoms with Gasteiger partial charge in [0.25, 0.3) is 0 Å². The molecule has 1 aromatic heterocycles. The number of thiazole rings is 1. The van der Waals surface area contributed by atoms with Crippen molar-refractivity contribution >= 4 is 17.3 Å². The maximum absolute atomic E-state index is 11.5. The van der Waals surface area contributed by atoms with E-state index in [0.29, 0.717) is 0 Å². The van der Waals surface area contributed by atoms with Gasteiger partial charge in [-0.3, -0.25) is 4.79 Å². The van der Waals surface area contributed by atoms with Gasteiger partial charge in [-0.2, -0.15) is 0 Å². The van der Waals surface area contributed by atoms with E-state index in [1.807, 2.05) is 26.3 Å². The molecule has 0 aliphatic rings. The highest BCUT2D eigenvalue weighted by Gasteiger charge is 2.21. The number of methoxy groups -OCH3 is 1. The van der Waals surface area contributed by atoms with E-state index < -0.39 is 0 Å². The van der Waals surface area contributed by atoms with Crippen LogP contribution in [-0.4, -0.2) is 30.6 Å². The molecule has 0 aliphatic heterocycles. The summed E-state index contributed by atoms with van der Waals surface area (Å²) < 4.78 is 4.77. The Bertz CT molecular complexity index is 363. The second kappa shape index (κ2) is 6.71. The normalized spacial score (nSPS) is 12.8. The van der Waals surface area contributed by atoms with Gasteiger partial charge in [0.15, 0.2) is 0 Å². The molecule has 1 aromatic rings. The van der Waals surface area contributed by atoms with Crippen molar-refractivity contribution < 1.29 is 9.53 Å². The topological polar surface area (TPSA) is 51.2 Å². The molecule has 0 bridgehead atoms. The number of nitrogens with zero attached hydrogens (tertiary/aromatic N) is 1. The number of ether oxygens (including phenoxy) is 1. The standard InChI is InChI=1S/C12H20N2O2S/c1-8(2)11(12(15)16-4)13-6-5-10-9(3)14-7-17-10/h7-8,11,13H,5-6H2,1-4H3. The van der Waals surface area contributed by atoms with E-state index in [0.717, 1.165) is 18.7 Å². The third-order valence-electron chi connectivity index (χ3n) is 2.68. The molecule has 5 heteroatoms. The van der Waals surface area contributed by atoms with Gasteiger partial charge < -0.3 is 10.1 Å². The second-order valence-electron chi connectivity index (χ2n) is 4.31. The predicted molar refractivity (Wildman–Crippen MR) is 69.2 cm³/mol. The van der Waals surface area contributed by atoms with Crippen LogP contribution in [0, 0.1) is 12.8 Å².